The first-order chi connectivity index (χ1) is 15.3. The van der Waals surface area contributed by atoms with Crippen molar-refractivity contribution in [3.63, 3.8) is 0 Å². The number of imidazole rings is 1. The lowest BCUT2D eigenvalue weighted by molar-refractivity contribution is -0.137. The molecule has 3 heterocycles. The van der Waals surface area contributed by atoms with Crippen LogP contribution in [-0.2, 0) is 9.53 Å². The zero-order valence-electron chi connectivity index (χ0n) is 17.9. The van der Waals surface area contributed by atoms with Crippen LogP contribution in [0.3, 0.4) is 0 Å². The standard InChI is InChI=1S/C18H29N9O5.ClH/c19-15-12-16(24-8-23-15)27(9-25-12)17-14(31)13(30)10(32-17)7-26(5-1-3-11(28)29)6-2-4-22-18(20)21;/h8-10,13-14,17,30-31H,1-7H2,(H,28,29)(H2,19,23,24)(H4,20,21,22);1H/t10-,13-,14-,17-;/m1./s1. The van der Waals surface area contributed by atoms with Crippen molar-refractivity contribution >= 4 is 41.3 Å². The van der Waals surface area contributed by atoms with E-state index in [-0.39, 0.29) is 37.2 Å². The van der Waals surface area contributed by atoms with E-state index < -0.39 is 30.5 Å². The number of carboxylic acid groups (broad SMARTS) is 1. The highest BCUT2D eigenvalue weighted by Gasteiger charge is 2.44. The molecule has 4 atom stereocenters. The average Bonchev–Trinajstić information content (AvgIpc) is 3.28. The number of ether oxygens (including phenoxy) is 1. The van der Waals surface area contributed by atoms with Crippen LogP contribution in [0.1, 0.15) is 25.5 Å². The van der Waals surface area contributed by atoms with E-state index >= 15 is 0 Å². The molecule has 1 saturated heterocycles. The maximum atomic E-state index is 10.9. The van der Waals surface area contributed by atoms with Gasteiger partial charge in [-0.3, -0.25) is 14.4 Å². The second-order valence-electron chi connectivity index (χ2n) is 7.59. The molecule has 14 nitrogen and oxygen atoms in total. The molecule has 9 N–H and O–H groups in total. The van der Waals surface area contributed by atoms with Crippen LogP contribution in [0.2, 0.25) is 0 Å². The van der Waals surface area contributed by atoms with Crippen LogP contribution in [0.5, 0.6) is 0 Å². The van der Waals surface area contributed by atoms with E-state index in [2.05, 4.69) is 19.9 Å². The molecule has 0 aromatic carbocycles. The monoisotopic (exact) mass is 487 g/mol. The van der Waals surface area contributed by atoms with Crippen LogP contribution in [0, 0.1) is 0 Å². The van der Waals surface area contributed by atoms with Gasteiger partial charge in [-0.2, -0.15) is 0 Å². The first-order valence-corrected chi connectivity index (χ1v) is 10.2. The van der Waals surface area contributed by atoms with E-state index in [1.165, 1.54) is 17.2 Å². The Kier molecular flexibility index (Phi) is 9.55. The van der Waals surface area contributed by atoms with Crippen molar-refractivity contribution in [1.82, 2.24) is 24.4 Å². The molecule has 0 spiro atoms. The SMILES string of the molecule is Cl.NC(N)=NCCCN(CCCC(=O)O)C[C@H]1O[C@@H](n2cnc3c(N)ncnc32)[C@H](O)[C@@H]1O. The molecule has 0 amide bonds. The predicted octanol–water partition coefficient (Wildman–Crippen LogP) is -1.72. The van der Waals surface area contributed by atoms with Crippen molar-refractivity contribution in [2.45, 2.75) is 43.8 Å². The van der Waals surface area contributed by atoms with Crippen molar-refractivity contribution < 1.29 is 24.9 Å². The third-order valence-electron chi connectivity index (χ3n) is 5.23. The summed E-state index contributed by atoms with van der Waals surface area (Å²) in [5.41, 5.74) is 17.3. The van der Waals surface area contributed by atoms with Gasteiger partial charge in [-0.1, -0.05) is 0 Å². The molecule has 184 valence electrons. The summed E-state index contributed by atoms with van der Waals surface area (Å²) < 4.78 is 7.49. The lowest BCUT2D eigenvalue weighted by Gasteiger charge is -2.26. The Balaban J connectivity index is 0.00000385. The highest BCUT2D eigenvalue weighted by Crippen LogP contribution is 2.32. The number of nitrogens with zero attached hydrogens (tertiary/aromatic N) is 6. The number of guanidine groups is 1. The summed E-state index contributed by atoms with van der Waals surface area (Å²) >= 11 is 0. The second kappa shape index (κ2) is 11.9. The summed E-state index contributed by atoms with van der Waals surface area (Å²) in [5.74, 6) is -0.685. The fourth-order valence-corrected chi connectivity index (χ4v) is 3.67. The van der Waals surface area contributed by atoms with Crippen molar-refractivity contribution in [2.75, 3.05) is 31.9 Å². The van der Waals surface area contributed by atoms with Gasteiger partial charge in [0.25, 0.3) is 0 Å². The minimum Gasteiger partial charge on any atom is -0.481 e. The quantitative estimate of drug-likeness (QED) is 0.118. The minimum absolute atomic E-state index is 0. The minimum atomic E-state index is -1.23. The number of carbonyl (C=O) groups is 1. The third kappa shape index (κ3) is 6.61. The molecule has 1 aliphatic rings. The molecular weight excluding hydrogens is 458 g/mol. The molecule has 0 bridgehead atoms. The lowest BCUT2D eigenvalue weighted by atomic mass is 10.1. The number of fused-ring (bicyclic) bond motifs is 1. The highest BCUT2D eigenvalue weighted by molar-refractivity contribution is 5.85. The van der Waals surface area contributed by atoms with Gasteiger partial charge in [0.05, 0.1) is 6.33 Å². The summed E-state index contributed by atoms with van der Waals surface area (Å²) in [6, 6.07) is 0. The van der Waals surface area contributed by atoms with Gasteiger partial charge >= 0.3 is 5.97 Å². The Bertz CT molecular complexity index is 955. The van der Waals surface area contributed by atoms with Crippen molar-refractivity contribution in [2.24, 2.45) is 16.5 Å². The van der Waals surface area contributed by atoms with Crippen LogP contribution in [0.25, 0.3) is 11.2 Å². The smallest absolute Gasteiger partial charge is 0.303 e. The van der Waals surface area contributed by atoms with Crippen molar-refractivity contribution in [3.8, 4) is 0 Å². The van der Waals surface area contributed by atoms with E-state index in [4.69, 9.17) is 27.0 Å². The van der Waals surface area contributed by atoms with E-state index in [9.17, 15) is 15.0 Å². The summed E-state index contributed by atoms with van der Waals surface area (Å²) in [6.45, 7) is 1.72. The normalized spacial score (nSPS) is 22.4. The average molecular weight is 488 g/mol. The molecule has 3 rings (SSSR count). The molecule has 0 radical (unpaired) electrons. The maximum absolute atomic E-state index is 10.9. The Hall–Kier alpha value is -2.78. The van der Waals surface area contributed by atoms with E-state index in [1.807, 2.05) is 4.90 Å². The number of hydrogen-bond donors (Lipinski definition) is 6. The fraction of sp³-hybridized carbons (Fsp3) is 0.611. The fourth-order valence-electron chi connectivity index (χ4n) is 3.67. The molecule has 15 heteroatoms. The molecule has 0 unspecified atom stereocenters. The van der Waals surface area contributed by atoms with E-state index in [1.54, 1.807) is 0 Å². The Morgan fingerprint density at radius 3 is 2.61 bits per heavy atom. The summed E-state index contributed by atoms with van der Waals surface area (Å²) in [6.07, 6.45) is -0.253. The van der Waals surface area contributed by atoms with Crippen LogP contribution < -0.4 is 17.2 Å². The molecule has 2 aromatic rings. The van der Waals surface area contributed by atoms with Crippen molar-refractivity contribution in [1.29, 1.82) is 0 Å². The van der Waals surface area contributed by atoms with Gasteiger partial charge in [0.15, 0.2) is 23.7 Å². The van der Waals surface area contributed by atoms with Crippen molar-refractivity contribution in [3.05, 3.63) is 12.7 Å². The number of nitrogens with two attached hydrogens (primary N) is 3. The van der Waals surface area contributed by atoms with Gasteiger partial charge in [-0.15, -0.1) is 12.4 Å². The largest absolute Gasteiger partial charge is 0.481 e. The maximum Gasteiger partial charge on any atom is 0.303 e. The first kappa shape index (κ1) is 26.5. The van der Waals surface area contributed by atoms with Crippen LogP contribution >= 0.6 is 12.4 Å². The summed E-state index contributed by atoms with van der Waals surface area (Å²) in [5, 5.41) is 30.2. The Morgan fingerprint density at radius 1 is 1.18 bits per heavy atom. The number of halogens is 1. The van der Waals surface area contributed by atoms with Gasteiger partial charge in [0.1, 0.15) is 30.2 Å². The third-order valence-corrected chi connectivity index (χ3v) is 5.23. The molecule has 0 aliphatic carbocycles. The number of hydrogen-bond acceptors (Lipinski definition) is 10. The Labute approximate surface area is 195 Å². The summed E-state index contributed by atoms with van der Waals surface area (Å²) in [4.78, 5) is 29.0. The van der Waals surface area contributed by atoms with Gasteiger partial charge < -0.3 is 42.2 Å². The number of aliphatic imine (C=N–C) groups is 1. The predicted molar refractivity (Wildman–Crippen MR) is 122 cm³/mol. The van der Waals surface area contributed by atoms with Crippen LogP contribution in [0.4, 0.5) is 5.82 Å². The molecule has 2 aromatic heterocycles. The number of aromatic nitrogens is 4. The Morgan fingerprint density at radius 2 is 1.91 bits per heavy atom. The molecule has 1 fully saturated rings. The summed E-state index contributed by atoms with van der Waals surface area (Å²) in [7, 11) is 0. The number of nitrogen functional groups attached to an aromatic ring is 1. The number of aliphatic hydroxyl groups excluding tert-OH is 2. The zero-order valence-corrected chi connectivity index (χ0v) is 18.7. The van der Waals surface area contributed by atoms with Gasteiger partial charge in [0.2, 0.25) is 0 Å². The topological polar surface area (TPSA) is 224 Å². The molecule has 33 heavy (non-hydrogen) atoms. The number of rotatable bonds is 11. The van der Waals surface area contributed by atoms with Gasteiger partial charge in [-0.25, -0.2) is 15.0 Å². The second-order valence-corrected chi connectivity index (χ2v) is 7.59. The van der Waals surface area contributed by atoms with E-state index in [0.717, 1.165) is 0 Å². The van der Waals surface area contributed by atoms with Crippen LogP contribution in [0.15, 0.2) is 17.6 Å². The van der Waals surface area contributed by atoms with Gasteiger partial charge in [-0.05, 0) is 19.4 Å². The molecule has 1 aliphatic heterocycles. The molecule has 0 saturated carbocycles. The number of aliphatic hydroxyl groups is 2. The highest BCUT2D eigenvalue weighted by atomic mass is 35.5. The first-order valence-electron chi connectivity index (χ1n) is 10.2. The number of anilines is 1. The van der Waals surface area contributed by atoms with Gasteiger partial charge in [0, 0.05) is 26.1 Å². The number of carboxylic acids is 1. The lowest BCUT2D eigenvalue weighted by Crippen LogP contribution is -2.41. The van der Waals surface area contributed by atoms with E-state index in [0.29, 0.717) is 43.6 Å². The molecular formula is C18H30ClN9O5. The van der Waals surface area contributed by atoms with Crippen LogP contribution in [-0.4, -0.2) is 96.2 Å². The zero-order chi connectivity index (χ0) is 23.3. The number of aliphatic carboxylic acids is 1.